The highest BCUT2D eigenvalue weighted by molar-refractivity contribution is 6.32. The van der Waals surface area contributed by atoms with Gasteiger partial charge in [0.2, 0.25) is 0 Å². The van der Waals surface area contributed by atoms with Gasteiger partial charge in [0.05, 0.1) is 34.5 Å². The van der Waals surface area contributed by atoms with Crippen molar-refractivity contribution >= 4 is 40.1 Å². The Morgan fingerprint density at radius 3 is 2.59 bits per heavy atom. The second-order valence-corrected chi connectivity index (χ2v) is 8.36. The number of halogens is 2. The summed E-state index contributed by atoms with van der Waals surface area (Å²) in [5.41, 5.74) is 5.66. The number of benzene rings is 1. The summed E-state index contributed by atoms with van der Waals surface area (Å²) in [6, 6.07) is 6.65. The van der Waals surface area contributed by atoms with Crippen LogP contribution in [0.2, 0.25) is 10.0 Å². The first-order chi connectivity index (χ1) is 15.2. The Morgan fingerprint density at radius 2 is 1.97 bits per heavy atom. The van der Waals surface area contributed by atoms with Crippen molar-refractivity contribution < 1.29 is 29.0 Å². The van der Waals surface area contributed by atoms with Gasteiger partial charge < -0.3 is 29.9 Å². The molecule has 0 aliphatic carbocycles. The molecule has 9 nitrogen and oxygen atoms in total. The van der Waals surface area contributed by atoms with Crippen LogP contribution in [0.3, 0.4) is 0 Å². The monoisotopic (exact) mass is 483 g/mol. The molecule has 4 N–H and O–H groups in total. The van der Waals surface area contributed by atoms with Crippen LogP contribution in [0, 0.1) is 0 Å². The molecule has 2 heterocycles. The van der Waals surface area contributed by atoms with Crippen molar-refractivity contribution in [2.75, 3.05) is 19.8 Å². The van der Waals surface area contributed by atoms with Crippen LogP contribution in [0.5, 0.6) is 5.75 Å². The van der Waals surface area contributed by atoms with Gasteiger partial charge in [-0.2, -0.15) is 0 Å². The Balaban J connectivity index is 1.77. The molecule has 1 aromatic carbocycles. The summed E-state index contributed by atoms with van der Waals surface area (Å²) < 4.78 is 16.4. The minimum absolute atomic E-state index is 0.296. The SMILES string of the molecule is CC(Oc1cc2onc([C@H](C)C(=O)OCC(N)(CO)CO)c2cc1Cl)c1ccc(Cl)cn1. The largest absolute Gasteiger partial charge is 0.483 e. The Kier molecular flexibility index (Phi) is 7.58. The molecule has 3 rings (SSSR count). The van der Waals surface area contributed by atoms with Crippen molar-refractivity contribution in [3.05, 3.63) is 51.9 Å². The minimum Gasteiger partial charge on any atom is -0.483 e. The molecule has 32 heavy (non-hydrogen) atoms. The lowest BCUT2D eigenvalue weighted by atomic mass is 10.0. The third-order valence-corrected chi connectivity index (χ3v) is 5.44. The number of ether oxygens (including phenoxy) is 2. The van der Waals surface area contributed by atoms with Crippen molar-refractivity contribution in [3.8, 4) is 5.75 Å². The van der Waals surface area contributed by atoms with Crippen molar-refractivity contribution in [1.29, 1.82) is 0 Å². The molecule has 0 aliphatic rings. The highest BCUT2D eigenvalue weighted by Crippen LogP contribution is 2.36. The van der Waals surface area contributed by atoms with Gasteiger partial charge in [0.25, 0.3) is 0 Å². The van der Waals surface area contributed by atoms with Crippen LogP contribution in [-0.4, -0.2) is 51.7 Å². The molecule has 172 valence electrons. The number of nitrogens with zero attached hydrogens (tertiary/aromatic N) is 2. The van der Waals surface area contributed by atoms with Gasteiger partial charge in [0, 0.05) is 17.6 Å². The topological polar surface area (TPSA) is 141 Å². The Hall–Kier alpha value is -2.43. The van der Waals surface area contributed by atoms with Gasteiger partial charge in [-0.05, 0) is 32.0 Å². The van der Waals surface area contributed by atoms with Gasteiger partial charge in [-0.1, -0.05) is 28.4 Å². The van der Waals surface area contributed by atoms with Gasteiger partial charge in [0.15, 0.2) is 5.58 Å². The molecular weight excluding hydrogens is 461 g/mol. The molecule has 0 amide bonds. The van der Waals surface area contributed by atoms with E-state index in [0.717, 1.165) is 0 Å². The predicted molar refractivity (Wildman–Crippen MR) is 118 cm³/mol. The highest BCUT2D eigenvalue weighted by Gasteiger charge is 2.29. The van der Waals surface area contributed by atoms with E-state index in [0.29, 0.717) is 38.2 Å². The number of nitrogens with two attached hydrogens (primary N) is 1. The summed E-state index contributed by atoms with van der Waals surface area (Å²) in [4.78, 5) is 16.7. The summed E-state index contributed by atoms with van der Waals surface area (Å²) in [5, 5.41) is 23.8. The first-order valence-corrected chi connectivity index (χ1v) is 10.5. The van der Waals surface area contributed by atoms with E-state index in [1.165, 1.54) is 6.20 Å². The average Bonchev–Trinajstić information content (AvgIpc) is 3.19. The molecule has 0 radical (unpaired) electrons. The van der Waals surface area contributed by atoms with Crippen LogP contribution < -0.4 is 10.5 Å². The summed E-state index contributed by atoms with van der Waals surface area (Å²) in [6.45, 7) is 1.97. The van der Waals surface area contributed by atoms with Crippen LogP contribution in [0.25, 0.3) is 11.0 Å². The number of hydrogen-bond donors (Lipinski definition) is 3. The number of aliphatic hydroxyl groups is 2. The maximum absolute atomic E-state index is 12.4. The number of aromatic nitrogens is 2. The fourth-order valence-corrected chi connectivity index (χ4v) is 3.15. The lowest BCUT2D eigenvalue weighted by molar-refractivity contribution is -0.148. The van der Waals surface area contributed by atoms with Crippen molar-refractivity contribution in [2.24, 2.45) is 5.73 Å². The zero-order valence-corrected chi connectivity index (χ0v) is 18.9. The molecule has 0 saturated carbocycles. The molecule has 0 bridgehead atoms. The predicted octanol–water partition coefficient (Wildman–Crippen LogP) is 3.00. The standard InChI is InChI=1S/C21H23Cl2N3O6/c1-11(20(29)30-10-21(24,8-27)9-28)19-14-5-15(23)18(6-17(14)32-26-19)31-12(2)16-4-3-13(22)7-25-16/h3-7,11-12,27-28H,8-10,24H2,1-2H3/t11-,12?/m0/s1. The number of rotatable bonds is 9. The lowest BCUT2D eigenvalue weighted by Crippen LogP contribution is -2.52. The van der Waals surface area contributed by atoms with Crippen molar-refractivity contribution in [3.63, 3.8) is 0 Å². The maximum atomic E-state index is 12.4. The Bertz CT molecular complexity index is 1090. The van der Waals surface area contributed by atoms with Gasteiger partial charge in [-0.3, -0.25) is 9.78 Å². The summed E-state index contributed by atoms with van der Waals surface area (Å²) in [5.74, 6) is -1.09. The fraction of sp³-hybridized carbons (Fsp3) is 0.381. The second-order valence-electron chi connectivity index (χ2n) is 7.52. The van der Waals surface area contributed by atoms with E-state index in [1.807, 2.05) is 6.92 Å². The van der Waals surface area contributed by atoms with Gasteiger partial charge in [-0.25, -0.2) is 0 Å². The maximum Gasteiger partial charge on any atom is 0.314 e. The van der Waals surface area contributed by atoms with Crippen LogP contribution in [0.1, 0.15) is 37.3 Å². The van der Waals surface area contributed by atoms with Crippen LogP contribution in [0.15, 0.2) is 35.0 Å². The van der Waals surface area contributed by atoms with E-state index in [1.54, 1.807) is 31.2 Å². The molecule has 3 aromatic rings. The summed E-state index contributed by atoms with van der Waals surface area (Å²) in [6.07, 6.45) is 1.12. The number of hydrogen-bond acceptors (Lipinski definition) is 9. The molecule has 0 saturated heterocycles. The number of carbonyl (C=O) groups excluding carboxylic acids is 1. The van der Waals surface area contributed by atoms with Crippen LogP contribution in [0.4, 0.5) is 0 Å². The van der Waals surface area contributed by atoms with Gasteiger partial charge in [0.1, 0.15) is 30.1 Å². The molecule has 0 aliphatic heterocycles. The molecule has 2 aromatic heterocycles. The number of pyridine rings is 1. The van der Waals surface area contributed by atoms with E-state index in [9.17, 15) is 15.0 Å². The first-order valence-electron chi connectivity index (χ1n) is 9.71. The number of esters is 1. The van der Waals surface area contributed by atoms with E-state index < -0.39 is 36.7 Å². The zero-order chi connectivity index (χ0) is 23.5. The van der Waals surface area contributed by atoms with Gasteiger partial charge >= 0.3 is 5.97 Å². The third-order valence-electron chi connectivity index (χ3n) is 4.92. The van der Waals surface area contributed by atoms with Crippen LogP contribution >= 0.6 is 23.2 Å². The zero-order valence-electron chi connectivity index (χ0n) is 17.4. The highest BCUT2D eigenvalue weighted by atomic mass is 35.5. The molecule has 2 atom stereocenters. The summed E-state index contributed by atoms with van der Waals surface area (Å²) in [7, 11) is 0. The van der Waals surface area contributed by atoms with E-state index >= 15 is 0 Å². The first kappa shape index (κ1) is 24.2. The smallest absolute Gasteiger partial charge is 0.314 e. The quantitative estimate of drug-likeness (QED) is 0.391. The van der Waals surface area contributed by atoms with E-state index in [-0.39, 0.29) is 6.61 Å². The van der Waals surface area contributed by atoms with E-state index in [4.69, 9.17) is 42.9 Å². The van der Waals surface area contributed by atoms with Crippen LogP contribution in [-0.2, 0) is 9.53 Å². The van der Waals surface area contributed by atoms with Gasteiger partial charge in [-0.15, -0.1) is 0 Å². The third kappa shape index (κ3) is 5.31. The average molecular weight is 484 g/mol. The minimum atomic E-state index is -1.42. The number of carbonyl (C=O) groups is 1. The molecule has 0 fully saturated rings. The Labute approximate surface area is 194 Å². The Morgan fingerprint density at radius 1 is 1.25 bits per heavy atom. The second kappa shape index (κ2) is 10.0. The van der Waals surface area contributed by atoms with E-state index in [2.05, 4.69) is 10.1 Å². The molecule has 1 unspecified atom stereocenters. The fourth-order valence-electron chi connectivity index (χ4n) is 2.83. The molecule has 0 spiro atoms. The van der Waals surface area contributed by atoms with Crippen molar-refractivity contribution in [2.45, 2.75) is 31.4 Å². The molecule has 11 heteroatoms. The van der Waals surface area contributed by atoms with Crippen molar-refractivity contribution in [1.82, 2.24) is 10.1 Å². The normalized spacial score (nSPS) is 13.7. The lowest BCUT2D eigenvalue weighted by Gasteiger charge is -2.24. The number of aliphatic hydroxyl groups excluding tert-OH is 2. The number of fused-ring (bicyclic) bond motifs is 1. The summed E-state index contributed by atoms with van der Waals surface area (Å²) >= 11 is 12.3. The molecular formula is C21H23Cl2N3O6.